The number of rotatable bonds is 5. The summed E-state index contributed by atoms with van der Waals surface area (Å²) in [6, 6.07) is 5.61. The van der Waals surface area contributed by atoms with Gasteiger partial charge in [-0.05, 0) is 26.8 Å². The Labute approximate surface area is 119 Å². The fraction of sp³-hybridized carbons (Fsp3) is 0.333. The maximum absolute atomic E-state index is 5.88. The van der Waals surface area contributed by atoms with Crippen molar-refractivity contribution in [3.05, 3.63) is 42.0 Å². The van der Waals surface area contributed by atoms with Gasteiger partial charge in [-0.2, -0.15) is 0 Å². The summed E-state index contributed by atoms with van der Waals surface area (Å²) in [5.74, 6) is 0.762. The van der Waals surface area contributed by atoms with E-state index in [1.54, 1.807) is 12.4 Å². The first-order valence-electron chi connectivity index (χ1n) is 6.61. The van der Waals surface area contributed by atoms with Gasteiger partial charge in [0.15, 0.2) is 0 Å². The predicted octanol–water partition coefficient (Wildman–Crippen LogP) is 2.77. The number of anilines is 2. The molecule has 106 valence electrons. The summed E-state index contributed by atoms with van der Waals surface area (Å²) in [5.41, 5.74) is 9.24. The third-order valence-electron chi connectivity index (χ3n) is 2.61. The van der Waals surface area contributed by atoms with E-state index in [9.17, 15) is 0 Å². The number of nitrogen functional groups attached to an aromatic ring is 1. The number of nitrogens with two attached hydrogens (primary N) is 1. The molecule has 0 aliphatic carbocycles. The average molecular weight is 272 g/mol. The number of hydrogen-bond donors (Lipinski definition) is 2. The Morgan fingerprint density at radius 2 is 2.00 bits per heavy atom. The van der Waals surface area contributed by atoms with Crippen LogP contribution in [0.5, 0.6) is 5.75 Å². The van der Waals surface area contributed by atoms with Crippen molar-refractivity contribution in [2.75, 3.05) is 11.1 Å². The van der Waals surface area contributed by atoms with Crippen LogP contribution in [0.1, 0.15) is 25.2 Å². The molecule has 0 aliphatic heterocycles. The lowest BCUT2D eigenvalue weighted by atomic mass is 10.2. The quantitative estimate of drug-likeness (QED) is 0.819. The van der Waals surface area contributed by atoms with Gasteiger partial charge >= 0.3 is 0 Å². The number of aromatic nitrogens is 2. The minimum absolute atomic E-state index is 0.118. The summed E-state index contributed by atoms with van der Waals surface area (Å²) in [7, 11) is 0. The van der Waals surface area contributed by atoms with Crippen LogP contribution >= 0.6 is 0 Å². The van der Waals surface area contributed by atoms with Crippen molar-refractivity contribution in [1.82, 2.24) is 9.97 Å². The molecule has 0 bridgehead atoms. The highest BCUT2D eigenvalue weighted by molar-refractivity contribution is 5.59. The average Bonchev–Trinajstić information content (AvgIpc) is 2.36. The van der Waals surface area contributed by atoms with Crippen LogP contribution in [-0.4, -0.2) is 16.1 Å². The van der Waals surface area contributed by atoms with Crippen molar-refractivity contribution in [3.8, 4) is 5.75 Å². The van der Waals surface area contributed by atoms with Crippen LogP contribution in [0.4, 0.5) is 11.4 Å². The van der Waals surface area contributed by atoms with Crippen LogP contribution in [0.25, 0.3) is 0 Å². The molecule has 5 nitrogen and oxygen atoms in total. The van der Waals surface area contributed by atoms with E-state index in [1.807, 2.05) is 39.0 Å². The minimum Gasteiger partial charge on any atom is -0.491 e. The molecule has 0 atom stereocenters. The van der Waals surface area contributed by atoms with Crippen molar-refractivity contribution in [1.29, 1.82) is 0 Å². The van der Waals surface area contributed by atoms with Crippen LogP contribution in [0.2, 0.25) is 0 Å². The molecule has 0 unspecified atom stereocenters. The Morgan fingerprint density at radius 1 is 1.20 bits per heavy atom. The molecule has 3 N–H and O–H groups in total. The SMILES string of the molecule is Cc1cnc(CNc2cc(N)cc(OC(C)C)c2)cn1. The van der Waals surface area contributed by atoms with Crippen molar-refractivity contribution in [2.24, 2.45) is 0 Å². The molecule has 0 radical (unpaired) electrons. The molecular weight excluding hydrogens is 252 g/mol. The lowest BCUT2D eigenvalue weighted by Gasteiger charge is -2.13. The highest BCUT2D eigenvalue weighted by Gasteiger charge is 2.03. The topological polar surface area (TPSA) is 73.1 Å². The first kappa shape index (κ1) is 14.1. The van der Waals surface area contributed by atoms with E-state index >= 15 is 0 Å². The predicted molar refractivity (Wildman–Crippen MR) is 80.7 cm³/mol. The Balaban J connectivity index is 2.05. The minimum atomic E-state index is 0.118. The summed E-state index contributed by atoms with van der Waals surface area (Å²) in [6.07, 6.45) is 3.64. The number of hydrogen-bond acceptors (Lipinski definition) is 5. The maximum Gasteiger partial charge on any atom is 0.123 e. The number of nitrogens with one attached hydrogen (secondary N) is 1. The third kappa shape index (κ3) is 4.12. The second kappa shape index (κ2) is 6.23. The van der Waals surface area contributed by atoms with Crippen molar-refractivity contribution < 1.29 is 4.74 Å². The molecule has 0 saturated carbocycles. The normalized spacial score (nSPS) is 10.6. The highest BCUT2D eigenvalue weighted by Crippen LogP contribution is 2.23. The molecule has 1 aromatic heterocycles. The molecule has 0 fully saturated rings. The molecule has 1 heterocycles. The van der Waals surface area contributed by atoms with Gasteiger partial charge in [-0.25, -0.2) is 0 Å². The van der Waals surface area contributed by atoms with Crippen LogP contribution < -0.4 is 15.8 Å². The Kier molecular flexibility index (Phi) is 4.40. The zero-order chi connectivity index (χ0) is 14.5. The third-order valence-corrected chi connectivity index (χ3v) is 2.61. The zero-order valence-electron chi connectivity index (χ0n) is 12.1. The molecule has 0 aliphatic rings. The molecule has 0 amide bonds. The number of nitrogens with zero attached hydrogens (tertiary/aromatic N) is 2. The van der Waals surface area contributed by atoms with E-state index in [0.717, 1.165) is 22.8 Å². The summed E-state index contributed by atoms with van der Waals surface area (Å²) in [4.78, 5) is 8.51. The number of aryl methyl sites for hydroxylation is 1. The molecular formula is C15H20N4O. The van der Waals surface area contributed by atoms with Gasteiger partial charge in [0.25, 0.3) is 0 Å². The molecule has 20 heavy (non-hydrogen) atoms. The van der Waals surface area contributed by atoms with Gasteiger partial charge in [-0.3, -0.25) is 9.97 Å². The first-order valence-corrected chi connectivity index (χ1v) is 6.61. The monoisotopic (exact) mass is 272 g/mol. The second-order valence-electron chi connectivity index (χ2n) is 4.96. The van der Waals surface area contributed by atoms with Gasteiger partial charge in [-0.1, -0.05) is 0 Å². The van der Waals surface area contributed by atoms with E-state index in [1.165, 1.54) is 0 Å². The standard InChI is InChI=1S/C15H20N4O/c1-10(2)20-15-5-12(16)4-13(6-15)19-9-14-8-17-11(3)7-18-14/h4-8,10,19H,9,16H2,1-3H3. The van der Waals surface area contributed by atoms with Crippen LogP contribution in [-0.2, 0) is 6.54 Å². The molecule has 0 spiro atoms. The van der Waals surface area contributed by atoms with Crippen LogP contribution in [0.15, 0.2) is 30.6 Å². The number of ether oxygens (including phenoxy) is 1. The molecule has 2 rings (SSSR count). The van der Waals surface area contributed by atoms with Gasteiger partial charge < -0.3 is 15.8 Å². The fourth-order valence-corrected chi connectivity index (χ4v) is 1.77. The Hall–Kier alpha value is -2.30. The van der Waals surface area contributed by atoms with Crippen molar-refractivity contribution >= 4 is 11.4 Å². The lowest BCUT2D eigenvalue weighted by Crippen LogP contribution is -2.07. The van der Waals surface area contributed by atoms with Crippen molar-refractivity contribution in [2.45, 2.75) is 33.4 Å². The van der Waals surface area contributed by atoms with Gasteiger partial charge in [0.1, 0.15) is 5.75 Å². The summed E-state index contributed by atoms with van der Waals surface area (Å²) >= 11 is 0. The van der Waals surface area contributed by atoms with Crippen LogP contribution in [0, 0.1) is 6.92 Å². The van der Waals surface area contributed by atoms with Gasteiger partial charge in [0, 0.05) is 29.7 Å². The van der Waals surface area contributed by atoms with Crippen molar-refractivity contribution in [3.63, 3.8) is 0 Å². The smallest absolute Gasteiger partial charge is 0.123 e. The van der Waals surface area contributed by atoms with E-state index in [0.29, 0.717) is 12.2 Å². The maximum atomic E-state index is 5.88. The highest BCUT2D eigenvalue weighted by atomic mass is 16.5. The Bertz CT molecular complexity index is 567. The lowest BCUT2D eigenvalue weighted by molar-refractivity contribution is 0.242. The van der Waals surface area contributed by atoms with E-state index in [2.05, 4.69) is 15.3 Å². The molecule has 5 heteroatoms. The number of benzene rings is 1. The summed E-state index contributed by atoms with van der Waals surface area (Å²) < 4.78 is 5.66. The van der Waals surface area contributed by atoms with E-state index in [4.69, 9.17) is 10.5 Å². The molecule has 1 aromatic carbocycles. The Morgan fingerprint density at radius 3 is 2.65 bits per heavy atom. The van der Waals surface area contributed by atoms with Gasteiger partial charge in [0.05, 0.1) is 30.2 Å². The van der Waals surface area contributed by atoms with Gasteiger partial charge in [-0.15, -0.1) is 0 Å². The first-order chi connectivity index (χ1) is 9.52. The molecule has 2 aromatic rings. The largest absolute Gasteiger partial charge is 0.491 e. The van der Waals surface area contributed by atoms with Crippen LogP contribution in [0.3, 0.4) is 0 Å². The second-order valence-corrected chi connectivity index (χ2v) is 4.96. The molecule has 0 saturated heterocycles. The summed E-state index contributed by atoms with van der Waals surface area (Å²) in [5, 5.41) is 3.27. The van der Waals surface area contributed by atoms with E-state index < -0.39 is 0 Å². The zero-order valence-corrected chi connectivity index (χ0v) is 12.1. The van der Waals surface area contributed by atoms with Gasteiger partial charge in [0.2, 0.25) is 0 Å². The van der Waals surface area contributed by atoms with E-state index in [-0.39, 0.29) is 6.10 Å². The summed E-state index contributed by atoms with van der Waals surface area (Å²) in [6.45, 7) is 6.48. The fourth-order valence-electron chi connectivity index (χ4n) is 1.77.